The molecular formula is C8H18O5Si. The normalized spacial score (nSPS) is 11.4. The first kappa shape index (κ1) is 13.6. The minimum Gasteiger partial charge on any atom is -0.452 e. The summed E-state index contributed by atoms with van der Waals surface area (Å²) in [5.74, 6) is -0.343. The van der Waals surface area contributed by atoms with Crippen LogP contribution in [0.3, 0.4) is 0 Å². The number of unbranched alkanes of at least 4 members (excludes halogenated alkanes) is 1. The average Bonchev–Trinajstić information content (AvgIpc) is 2.23. The fraction of sp³-hybridized carbons (Fsp3) is 0.875. The van der Waals surface area contributed by atoms with Gasteiger partial charge in [-0.1, -0.05) is 13.3 Å². The lowest BCUT2D eigenvalue weighted by molar-refractivity contribution is -0.143. The van der Waals surface area contributed by atoms with E-state index in [1.54, 1.807) is 0 Å². The van der Waals surface area contributed by atoms with Gasteiger partial charge in [0.05, 0.1) is 0 Å². The Morgan fingerprint density at radius 2 is 1.64 bits per heavy atom. The predicted octanol–water partition coefficient (Wildman–Crippen LogP) is 1.09. The van der Waals surface area contributed by atoms with Crippen LogP contribution in [0, 0.1) is 0 Å². The highest BCUT2D eigenvalue weighted by molar-refractivity contribution is 6.55. The molecule has 0 rings (SSSR count). The maximum absolute atomic E-state index is 11.3. The van der Waals surface area contributed by atoms with Crippen molar-refractivity contribution in [2.75, 3.05) is 21.3 Å². The third-order valence-electron chi connectivity index (χ3n) is 1.72. The van der Waals surface area contributed by atoms with E-state index in [1.807, 2.05) is 6.92 Å². The van der Waals surface area contributed by atoms with Crippen molar-refractivity contribution in [2.45, 2.75) is 26.2 Å². The Balaban J connectivity index is 4.08. The van der Waals surface area contributed by atoms with E-state index in [0.29, 0.717) is 6.42 Å². The zero-order valence-electron chi connectivity index (χ0n) is 9.16. The quantitative estimate of drug-likeness (QED) is 0.604. The first-order chi connectivity index (χ1) is 6.64. The number of rotatable bonds is 7. The Morgan fingerprint density at radius 1 is 1.14 bits per heavy atom. The van der Waals surface area contributed by atoms with Crippen LogP contribution in [0.1, 0.15) is 26.2 Å². The van der Waals surface area contributed by atoms with Gasteiger partial charge in [0.1, 0.15) is 0 Å². The smallest absolute Gasteiger partial charge is 0.452 e. The maximum atomic E-state index is 11.3. The minimum absolute atomic E-state index is 0.343. The van der Waals surface area contributed by atoms with Crippen molar-refractivity contribution in [3.63, 3.8) is 0 Å². The fourth-order valence-electron chi connectivity index (χ4n) is 0.887. The zero-order chi connectivity index (χ0) is 11.0. The molecule has 0 unspecified atom stereocenters. The van der Waals surface area contributed by atoms with Gasteiger partial charge >= 0.3 is 9.05 Å². The van der Waals surface area contributed by atoms with Crippen LogP contribution in [0.2, 0.25) is 0 Å². The van der Waals surface area contributed by atoms with Gasteiger partial charge in [0.25, 0.3) is 5.97 Å². The minimum atomic E-state index is -3.18. The molecule has 0 bridgehead atoms. The fourth-order valence-corrected chi connectivity index (χ4v) is 2.02. The topological polar surface area (TPSA) is 54.0 Å². The second-order valence-corrected chi connectivity index (χ2v) is 5.12. The molecule has 0 spiro atoms. The van der Waals surface area contributed by atoms with Crippen molar-refractivity contribution in [1.29, 1.82) is 0 Å². The van der Waals surface area contributed by atoms with Gasteiger partial charge in [-0.3, -0.25) is 4.79 Å². The first-order valence-electron chi connectivity index (χ1n) is 4.51. The molecule has 0 aromatic heterocycles. The van der Waals surface area contributed by atoms with Gasteiger partial charge in [-0.05, 0) is 6.42 Å². The average molecular weight is 222 g/mol. The molecule has 84 valence electrons. The summed E-state index contributed by atoms with van der Waals surface area (Å²) in [7, 11) is 1.01. The van der Waals surface area contributed by atoms with Crippen LogP contribution in [0.5, 0.6) is 0 Å². The lowest BCUT2D eigenvalue weighted by atomic mass is 10.3. The van der Waals surface area contributed by atoms with E-state index in [-0.39, 0.29) is 5.97 Å². The molecule has 0 aliphatic rings. The second kappa shape index (κ2) is 6.94. The van der Waals surface area contributed by atoms with Crippen LogP contribution in [0.15, 0.2) is 0 Å². The molecule has 0 N–H and O–H groups in total. The molecule has 6 heteroatoms. The maximum Gasteiger partial charge on any atom is 0.750 e. The van der Waals surface area contributed by atoms with Crippen LogP contribution in [0.25, 0.3) is 0 Å². The summed E-state index contributed by atoms with van der Waals surface area (Å²) in [5.41, 5.74) is 0. The van der Waals surface area contributed by atoms with E-state index < -0.39 is 9.05 Å². The third-order valence-corrected chi connectivity index (χ3v) is 3.70. The highest BCUT2D eigenvalue weighted by Crippen LogP contribution is 2.10. The molecule has 0 radical (unpaired) electrons. The van der Waals surface area contributed by atoms with Gasteiger partial charge in [0, 0.05) is 27.8 Å². The van der Waals surface area contributed by atoms with E-state index in [1.165, 1.54) is 21.3 Å². The van der Waals surface area contributed by atoms with Gasteiger partial charge in [-0.15, -0.1) is 0 Å². The standard InChI is InChI=1S/C8H18O5Si/c1-5-6-7-8(9)13-14(10-2,11-3)12-4/h5-7H2,1-4H3. The number of hydrogen-bond acceptors (Lipinski definition) is 5. The molecule has 0 aromatic rings. The van der Waals surface area contributed by atoms with Crippen molar-refractivity contribution in [2.24, 2.45) is 0 Å². The molecule has 0 aromatic carbocycles. The van der Waals surface area contributed by atoms with E-state index in [0.717, 1.165) is 12.8 Å². The highest BCUT2D eigenvalue weighted by atomic mass is 28.4. The molecule has 0 saturated heterocycles. The van der Waals surface area contributed by atoms with Gasteiger partial charge in [-0.25, -0.2) is 0 Å². The summed E-state index contributed by atoms with van der Waals surface area (Å²) in [6.07, 6.45) is 2.10. The lowest BCUT2D eigenvalue weighted by Crippen LogP contribution is -2.48. The SMILES string of the molecule is CCCCC(=O)O[Si](OC)(OC)OC. The van der Waals surface area contributed by atoms with Gasteiger partial charge in [0.15, 0.2) is 0 Å². The summed E-state index contributed by atoms with van der Waals surface area (Å²) >= 11 is 0. The van der Waals surface area contributed by atoms with E-state index in [2.05, 4.69) is 0 Å². The van der Waals surface area contributed by atoms with Gasteiger partial charge in [0.2, 0.25) is 0 Å². The number of carbonyl (C=O) groups excluding carboxylic acids is 1. The lowest BCUT2D eigenvalue weighted by Gasteiger charge is -2.22. The first-order valence-corrected chi connectivity index (χ1v) is 6.14. The molecule has 0 fully saturated rings. The molecule has 0 atom stereocenters. The number of hydrogen-bond donors (Lipinski definition) is 0. The Hall–Kier alpha value is -0.433. The van der Waals surface area contributed by atoms with Crippen LogP contribution >= 0.6 is 0 Å². The van der Waals surface area contributed by atoms with Gasteiger partial charge < -0.3 is 17.7 Å². The van der Waals surface area contributed by atoms with Crippen molar-refractivity contribution >= 4 is 15.0 Å². The summed E-state index contributed by atoms with van der Waals surface area (Å²) in [6, 6.07) is 0. The zero-order valence-corrected chi connectivity index (χ0v) is 10.2. The van der Waals surface area contributed by atoms with E-state index >= 15 is 0 Å². The number of carbonyl (C=O) groups is 1. The van der Waals surface area contributed by atoms with Crippen LogP contribution in [-0.4, -0.2) is 36.3 Å². The monoisotopic (exact) mass is 222 g/mol. The third kappa shape index (κ3) is 4.19. The second-order valence-electron chi connectivity index (χ2n) is 2.69. The Kier molecular flexibility index (Phi) is 6.72. The van der Waals surface area contributed by atoms with Crippen LogP contribution < -0.4 is 0 Å². The van der Waals surface area contributed by atoms with Crippen molar-refractivity contribution < 1.29 is 22.5 Å². The molecule has 14 heavy (non-hydrogen) atoms. The largest absolute Gasteiger partial charge is 0.750 e. The summed E-state index contributed by atoms with van der Waals surface area (Å²) in [6.45, 7) is 2.00. The van der Waals surface area contributed by atoms with Crippen molar-refractivity contribution in [3.05, 3.63) is 0 Å². The molecule has 0 amide bonds. The Morgan fingerprint density at radius 3 is 2.00 bits per heavy atom. The summed E-state index contributed by atoms with van der Waals surface area (Å²) in [5, 5.41) is 0. The summed E-state index contributed by atoms with van der Waals surface area (Å²) in [4.78, 5) is 11.3. The van der Waals surface area contributed by atoms with E-state index in [9.17, 15) is 4.79 Å². The predicted molar refractivity (Wildman–Crippen MR) is 52.4 cm³/mol. The molecule has 0 aliphatic carbocycles. The van der Waals surface area contributed by atoms with Crippen LogP contribution in [0.4, 0.5) is 0 Å². The Bertz CT molecular complexity index is 161. The molecular weight excluding hydrogens is 204 g/mol. The van der Waals surface area contributed by atoms with Crippen LogP contribution in [-0.2, 0) is 22.5 Å². The van der Waals surface area contributed by atoms with Crippen molar-refractivity contribution in [3.8, 4) is 0 Å². The molecule has 0 heterocycles. The molecule has 0 aliphatic heterocycles. The molecule has 0 saturated carbocycles. The highest BCUT2D eigenvalue weighted by Gasteiger charge is 2.46. The summed E-state index contributed by atoms with van der Waals surface area (Å²) < 4.78 is 19.8. The molecule has 5 nitrogen and oxygen atoms in total. The van der Waals surface area contributed by atoms with Gasteiger partial charge in [-0.2, -0.15) is 0 Å². The Labute approximate surface area is 85.8 Å². The van der Waals surface area contributed by atoms with Crippen molar-refractivity contribution in [1.82, 2.24) is 0 Å². The van der Waals surface area contributed by atoms with E-state index in [4.69, 9.17) is 17.7 Å².